The molecule has 2 aromatic carbocycles. The molecule has 4 heteroatoms. The van der Waals surface area contributed by atoms with Crippen LogP contribution in [0.1, 0.15) is 16.7 Å². The molecular weight excluding hydrogens is 266 g/mol. The van der Waals surface area contributed by atoms with E-state index in [2.05, 4.69) is 5.32 Å². The van der Waals surface area contributed by atoms with Crippen LogP contribution in [0.25, 0.3) is 0 Å². The number of aryl methyl sites for hydroxylation is 2. The molecule has 0 atom stereocenters. The average Bonchev–Trinajstić information content (AvgIpc) is 2.47. The molecule has 0 aliphatic carbocycles. The largest absolute Gasteiger partial charge is 0.483 e. The molecule has 0 bridgehead atoms. The van der Waals surface area contributed by atoms with E-state index in [0.717, 1.165) is 16.9 Å². The van der Waals surface area contributed by atoms with Gasteiger partial charge in [0, 0.05) is 11.3 Å². The second kappa shape index (κ2) is 6.90. The molecule has 21 heavy (non-hydrogen) atoms. The highest BCUT2D eigenvalue weighted by molar-refractivity contribution is 5.92. The number of hydrogen-bond donors (Lipinski definition) is 2. The lowest BCUT2D eigenvalue weighted by Crippen LogP contribution is -2.21. The maximum Gasteiger partial charge on any atom is 0.262 e. The van der Waals surface area contributed by atoms with Crippen molar-refractivity contribution >= 4 is 11.6 Å². The van der Waals surface area contributed by atoms with Gasteiger partial charge in [-0.2, -0.15) is 0 Å². The molecular formula is C17H19NO3. The summed E-state index contributed by atoms with van der Waals surface area (Å²) in [6, 6.07) is 13.0. The van der Waals surface area contributed by atoms with E-state index in [0.29, 0.717) is 11.3 Å². The smallest absolute Gasteiger partial charge is 0.262 e. The fourth-order valence-electron chi connectivity index (χ4n) is 2.13. The van der Waals surface area contributed by atoms with Gasteiger partial charge in [0.05, 0.1) is 6.61 Å². The molecule has 0 aliphatic heterocycles. The number of nitrogens with one attached hydrogen (secondary N) is 1. The summed E-state index contributed by atoms with van der Waals surface area (Å²) in [5, 5.41) is 12.0. The minimum absolute atomic E-state index is 0.0640. The summed E-state index contributed by atoms with van der Waals surface area (Å²) >= 11 is 0. The molecule has 0 spiro atoms. The molecule has 0 fully saturated rings. The third-order valence-corrected chi connectivity index (χ3v) is 3.22. The van der Waals surface area contributed by atoms with Crippen LogP contribution in [0, 0.1) is 13.8 Å². The number of rotatable bonds is 5. The topological polar surface area (TPSA) is 58.6 Å². The van der Waals surface area contributed by atoms with Crippen LogP contribution >= 0.6 is 0 Å². The third-order valence-electron chi connectivity index (χ3n) is 3.22. The number of hydrogen-bond acceptors (Lipinski definition) is 3. The van der Waals surface area contributed by atoms with E-state index in [9.17, 15) is 9.90 Å². The Labute approximate surface area is 124 Å². The highest BCUT2D eigenvalue weighted by Gasteiger charge is 2.09. The van der Waals surface area contributed by atoms with Gasteiger partial charge in [0.2, 0.25) is 0 Å². The zero-order chi connectivity index (χ0) is 15.2. The predicted octanol–water partition coefficient (Wildman–Crippen LogP) is 2.81. The number of benzene rings is 2. The lowest BCUT2D eigenvalue weighted by Gasteiger charge is -2.13. The molecule has 0 aromatic heterocycles. The van der Waals surface area contributed by atoms with Gasteiger partial charge in [0.1, 0.15) is 5.75 Å². The van der Waals surface area contributed by atoms with E-state index < -0.39 is 0 Å². The zero-order valence-electron chi connectivity index (χ0n) is 12.2. The van der Waals surface area contributed by atoms with Gasteiger partial charge < -0.3 is 15.2 Å². The lowest BCUT2D eigenvalue weighted by molar-refractivity contribution is -0.118. The lowest BCUT2D eigenvalue weighted by atomic mass is 10.1. The summed E-state index contributed by atoms with van der Waals surface area (Å²) in [4.78, 5) is 12.0. The van der Waals surface area contributed by atoms with Crippen molar-refractivity contribution in [2.24, 2.45) is 0 Å². The van der Waals surface area contributed by atoms with Crippen LogP contribution in [-0.2, 0) is 11.4 Å². The van der Waals surface area contributed by atoms with Crippen LogP contribution in [0.5, 0.6) is 5.75 Å². The van der Waals surface area contributed by atoms with Crippen molar-refractivity contribution < 1.29 is 14.6 Å². The van der Waals surface area contributed by atoms with Gasteiger partial charge in [-0.05, 0) is 31.0 Å². The first-order valence-electron chi connectivity index (χ1n) is 6.79. The third kappa shape index (κ3) is 3.83. The van der Waals surface area contributed by atoms with E-state index >= 15 is 0 Å². The van der Waals surface area contributed by atoms with Gasteiger partial charge in [0.15, 0.2) is 6.61 Å². The average molecular weight is 285 g/mol. The second-order valence-corrected chi connectivity index (χ2v) is 4.87. The number of carbonyl (C=O) groups is 1. The van der Waals surface area contributed by atoms with Crippen LogP contribution in [0.3, 0.4) is 0 Å². The van der Waals surface area contributed by atoms with Gasteiger partial charge >= 0.3 is 0 Å². The SMILES string of the molecule is Cc1cccc(C)c1OCC(=O)Nc1ccccc1CO. The molecule has 0 heterocycles. The van der Waals surface area contributed by atoms with E-state index in [-0.39, 0.29) is 19.1 Å². The van der Waals surface area contributed by atoms with E-state index in [4.69, 9.17) is 4.74 Å². The first-order chi connectivity index (χ1) is 10.1. The highest BCUT2D eigenvalue weighted by Crippen LogP contribution is 2.22. The molecule has 110 valence electrons. The minimum atomic E-state index is -0.251. The maximum absolute atomic E-state index is 12.0. The van der Waals surface area contributed by atoms with Crippen LogP contribution in [0.2, 0.25) is 0 Å². The molecule has 1 amide bonds. The van der Waals surface area contributed by atoms with Crippen LogP contribution in [-0.4, -0.2) is 17.6 Å². The summed E-state index contributed by atoms with van der Waals surface area (Å²) in [6.45, 7) is 3.71. The van der Waals surface area contributed by atoms with Gasteiger partial charge in [-0.15, -0.1) is 0 Å². The Morgan fingerprint density at radius 1 is 1.10 bits per heavy atom. The summed E-state index contributed by atoms with van der Waals surface area (Å²) in [5.41, 5.74) is 3.28. The van der Waals surface area contributed by atoms with Crippen LogP contribution < -0.4 is 10.1 Å². The zero-order valence-corrected chi connectivity index (χ0v) is 12.2. The molecule has 2 N–H and O–H groups in total. The van der Waals surface area contributed by atoms with Crippen molar-refractivity contribution in [2.45, 2.75) is 20.5 Å². The summed E-state index contributed by atoms with van der Waals surface area (Å²) in [7, 11) is 0. The number of ether oxygens (including phenoxy) is 1. The number of amides is 1. The first-order valence-corrected chi connectivity index (χ1v) is 6.79. The standard InChI is InChI=1S/C17H19NO3/c1-12-6-5-7-13(2)17(12)21-11-16(20)18-15-9-4-3-8-14(15)10-19/h3-9,19H,10-11H2,1-2H3,(H,18,20). The normalized spacial score (nSPS) is 10.2. The van der Waals surface area contributed by atoms with Crippen molar-refractivity contribution in [1.82, 2.24) is 0 Å². The summed E-state index contributed by atoms with van der Waals surface area (Å²) < 4.78 is 5.60. The quantitative estimate of drug-likeness (QED) is 0.888. The van der Waals surface area contributed by atoms with Crippen molar-refractivity contribution in [3.05, 3.63) is 59.2 Å². The molecule has 0 radical (unpaired) electrons. The molecule has 0 saturated carbocycles. The Morgan fingerprint density at radius 2 is 1.76 bits per heavy atom. The number of para-hydroxylation sites is 2. The van der Waals surface area contributed by atoms with Crippen molar-refractivity contribution in [3.63, 3.8) is 0 Å². The monoisotopic (exact) mass is 285 g/mol. The van der Waals surface area contributed by atoms with E-state index in [1.807, 2.05) is 38.1 Å². The Kier molecular flexibility index (Phi) is 4.95. The minimum Gasteiger partial charge on any atom is -0.483 e. The number of aliphatic hydroxyl groups excluding tert-OH is 1. The molecule has 2 rings (SSSR count). The van der Waals surface area contributed by atoms with Gasteiger partial charge in [-0.25, -0.2) is 0 Å². The van der Waals surface area contributed by atoms with Crippen molar-refractivity contribution in [3.8, 4) is 5.75 Å². The summed E-state index contributed by atoms with van der Waals surface area (Å²) in [6.07, 6.45) is 0. The number of aliphatic hydroxyl groups is 1. The molecule has 0 saturated heterocycles. The van der Waals surface area contributed by atoms with Crippen molar-refractivity contribution in [2.75, 3.05) is 11.9 Å². The number of carbonyl (C=O) groups excluding carboxylic acids is 1. The predicted molar refractivity (Wildman–Crippen MR) is 82.4 cm³/mol. The van der Waals surface area contributed by atoms with Gasteiger partial charge in [-0.3, -0.25) is 4.79 Å². The maximum atomic E-state index is 12.0. The van der Waals surface area contributed by atoms with Crippen LogP contribution in [0.4, 0.5) is 5.69 Å². The fourth-order valence-corrected chi connectivity index (χ4v) is 2.13. The Bertz CT molecular complexity index is 617. The van der Waals surface area contributed by atoms with Gasteiger partial charge in [0.25, 0.3) is 5.91 Å². The Morgan fingerprint density at radius 3 is 2.43 bits per heavy atom. The second-order valence-electron chi connectivity index (χ2n) is 4.87. The first kappa shape index (κ1) is 15.1. The van der Waals surface area contributed by atoms with E-state index in [1.54, 1.807) is 18.2 Å². The Hall–Kier alpha value is -2.33. The fraction of sp³-hybridized carbons (Fsp3) is 0.235. The Balaban J connectivity index is 1.99. The van der Waals surface area contributed by atoms with Crippen LogP contribution in [0.15, 0.2) is 42.5 Å². The summed E-state index contributed by atoms with van der Waals surface area (Å²) in [5.74, 6) is 0.488. The number of anilines is 1. The van der Waals surface area contributed by atoms with E-state index in [1.165, 1.54) is 0 Å². The molecule has 0 aliphatic rings. The van der Waals surface area contributed by atoms with Gasteiger partial charge in [-0.1, -0.05) is 36.4 Å². The molecule has 0 unspecified atom stereocenters. The molecule has 2 aromatic rings. The highest BCUT2D eigenvalue weighted by atomic mass is 16.5. The molecule has 4 nitrogen and oxygen atoms in total. The van der Waals surface area contributed by atoms with Crippen molar-refractivity contribution in [1.29, 1.82) is 0 Å².